The quantitative estimate of drug-likeness (QED) is 0.664. The molecule has 2 rings (SSSR count). The molecule has 0 aliphatic carbocycles. The summed E-state index contributed by atoms with van der Waals surface area (Å²) in [6, 6.07) is 5.60. The summed E-state index contributed by atoms with van der Waals surface area (Å²) in [6.07, 6.45) is 0.552. The Hall–Kier alpha value is -1.22. The van der Waals surface area contributed by atoms with Crippen molar-refractivity contribution in [3.63, 3.8) is 0 Å². The summed E-state index contributed by atoms with van der Waals surface area (Å²) in [6.45, 7) is 0.204. The highest BCUT2D eigenvalue weighted by atomic mass is 16.7. The van der Waals surface area contributed by atoms with Crippen LogP contribution in [-0.2, 0) is 11.5 Å². The molecule has 63 valence electrons. The molecule has 3 nitrogen and oxygen atoms in total. The van der Waals surface area contributed by atoms with E-state index >= 15 is 0 Å². The molecule has 1 radical (unpaired) electrons. The smallest absolute Gasteiger partial charge is 0.231 e. The first-order valence-corrected chi connectivity index (χ1v) is 3.87. The molecular formula is C9H9O3. The van der Waals surface area contributed by atoms with Gasteiger partial charge in [0, 0.05) is 0 Å². The standard InChI is InChI=1S/C9H9O3/c10-4-3-7-1-2-8-9(5-7)12-6-11-8/h1-2,5H,3-4,6H2. The summed E-state index contributed by atoms with van der Waals surface area (Å²) in [7, 11) is 0. The second-order valence-electron chi connectivity index (χ2n) is 2.64. The molecule has 0 saturated carbocycles. The molecule has 0 N–H and O–H groups in total. The zero-order valence-electron chi connectivity index (χ0n) is 6.58. The topological polar surface area (TPSA) is 38.4 Å². The van der Waals surface area contributed by atoms with Crippen molar-refractivity contribution in [3.8, 4) is 11.5 Å². The Labute approximate surface area is 70.5 Å². The van der Waals surface area contributed by atoms with Crippen LogP contribution in [-0.4, -0.2) is 13.4 Å². The average Bonchev–Trinajstić information content (AvgIpc) is 2.51. The molecule has 3 heteroatoms. The largest absolute Gasteiger partial charge is 0.454 e. The number of hydrogen-bond acceptors (Lipinski definition) is 2. The molecule has 0 amide bonds. The van der Waals surface area contributed by atoms with E-state index < -0.39 is 0 Å². The van der Waals surface area contributed by atoms with Gasteiger partial charge in [-0.3, -0.25) is 0 Å². The molecule has 0 fully saturated rings. The lowest BCUT2D eigenvalue weighted by Gasteiger charge is -1.98. The van der Waals surface area contributed by atoms with Crippen LogP contribution in [0.15, 0.2) is 18.2 Å². The van der Waals surface area contributed by atoms with Crippen LogP contribution in [0.2, 0.25) is 0 Å². The fourth-order valence-corrected chi connectivity index (χ4v) is 1.21. The predicted octanol–water partition coefficient (Wildman–Crippen LogP) is 1.39. The van der Waals surface area contributed by atoms with Crippen LogP contribution in [0, 0.1) is 0 Å². The summed E-state index contributed by atoms with van der Waals surface area (Å²) in [4.78, 5) is 0. The predicted molar refractivity (Wildman–Crippen MR) is 41.8 cm³/mol. The van der Waals surface area contributed by atoms with Crippen LogP contribution in [0.3, 0.4) is 0 Å². The van der Waals surface area contributed by atoms with Crippen LogP contribution in [0.1, 0.15) is 5.56 Å². The van der Waals surface area contributed by atoms with E-state index in [0.29, 0.717) is 6.42 Å². The fraction of sp³-hybridized carbons (Fsp3) is 0.333. The van der Waals surface area contributed by atoms with Gasteiger partial charge in [-0.15, -0.1) is 0 Å². The van der Waals surface area contributed by atoms with Gasteiger partial charge in [0.2, 0.25) is 6.79 Å². The van der Waals surface area contributed by atoms with E-state index in [1.165, 1.54) is 0 Å². The summed E-state index contributed by atoms with van der Waals surface area (Å²) in [5.41, 5.74) is 1.01. The molecule has 0 atom stereocenters. The van der Waals surface area contributed by atoms with Crippen molar-refractivity contribution in [1.29, 1.82) is 0 Å². The minimum atomic E-state index is -0.0837. The van der Waals surface area contributed by atoms with Crippen molar-refractivity contribution < 1.29 is 14.6 Å². The Bertz CT molecular complexity index is 283. The molecule has 1 aliphatic rings. The summed E-state index contributed by atoms with van der Waals surface area (Å²) in [5.74, 6) is 1.52. The van der Waals surface area contributed by atoms with Crippen LogP contribution in [0.4, 0.5) is 0 Å². The monoisotopic (exact) mass is 165 g/mol. The maximum atomic E-state index is 10.3. The molecule has 1 aromatic rings. The Morgan fingerprint density at radius 1 is 1.25 bits per heavy atom. The van der Waals surface area contributed by atoms with E-state index in [1.54, 1.807) is 0 Å². The number of hydrogen-bond donors (Lipinski definition) is 0. The van der Waals surface area contributed by atoms with Gasteiger partial charge < -0.3 is 9.47 Å². The van der Waals surface area contributed by atoms with E-state index in [9.17, 15) is 5.11 Å². The highest BCUT2D eigenvalue weighted by molar-refractivity contribution is 5.44. The van der Waals surface area contributed by atoms with Crippen LogP contribution >= 0.6 is 0 Å². The molecular weight excluding hydrogens is 156 g/mol. The molecule has 1 aromatic carbocycles. The first-order chi connectivity index (χ1) is 5.90. The number of ether oxygens (including phenoxy) is 2. The molecule has 1 heterocycles. The number of rotatable bonds is 2. The average molecular weight is 165 g/mol. The lowest BCUT2D eigenvalue weighted by atomic mass is 10.1. The van der Waals surface area contributed by atoms with E-state index in [1.807, 2.05) is 18.2 Å². The Balaban J connectivity index is 2.26. The second-order valence-corrected chi connectivity index (χ2v) is 2.64. The van der Waals surface area contributed by atoms with Crippen LogP contribution in [0.25, 0.3) is 0 Å². The minimum absolute atomic E-state index is 0.0837. The molecule has 0 aromatic heterocycles. The zero-order chi connectivity index (χ0) is 8.39. The van der Waals surface area contributed by atoms with Crippen molar-refractivity contribution in [2.45, 2.75) is 6.42 Å². The highest BCUT2D eigenvalue weighted by Gasteiger charge is 2.12. The summed E-state index contributed by atoms with van der Waals surface area (Å²) >= 11 is 0. The molecule has 12 heavy (non-hydrogen) atoms. The molecule has 0 bridgehead atoms. The third-order valence-corrected chi connectivity index (χ3v) is 1.83. The number of fused-ring (bicyclic) bond motifs is 1. The summed E-state index contributed by atoms with van der Waals surface area (Å²) < 4.78 is 10.3. The highest BCUT2D eigenvalue weighted by Crippen LogP contribution is 2.32. The Kier molecular flexibility index (Phi) is 1.87. The second kappa shape index (κ2) is 3.03. The fourth-order valence-electron chi connectivity index (χ4n) is 1.21. The van der Waals surface area contributed by atoms with E-state index in [-0.39, 0.29) is 13.4 Å². The molecule has 0 saturated heterocycles. The molecule has 0 spiro atoms. The zero-order valence-corrected chi connectivity index (χ0v) is 6.58. The third kappa shape index (κ3) is 1.23. The van der Waals surface area contributed by atoms with Crippen molar-refractivity contribution in [1.82, 2.24) is 0 Å². The van der Waals surface area contributed by atoms with Gasteiger partial charge in [0.25, 0.3) is 0 Å². The van der Waals surface area contributed by atoms with Gasteiger partial charge in [-0.1, -0.05) is 6.07 Å². The lowest BCUT2D eigenvalue weighted by molar-refractivity contribution is 0.174. The molecule has 1 aliphatic heterocycles. The summed E-state index contributed by atoms with van der Waals surface area (Å²) in [5, 5.41) is 10.3. The van der Waals surface area contributed by atoms with Gasteiger partial charge in [-0.2, -0.15) is 0 Å². The van der Waals surface area contributed by atoms with Crippen molar-refractivity contribution in [3.05, 3.63) is 23.8 Å². The van der Waals surface area contributed by atoms with Gasteiger partial charge in [-0.05, 0) is 24.1 Å². The maximum absolute atomic E-state index is 10.3. The minimum Gasteiger partial charge on any atom is -0.454 e. The van der Waals surface area contributed by atoms with Gasteiger partial charge in [-0.25, -0.2) is 5.11 Å². The first-order valence-electron chi connectivity index (χ1n) is 3.87. The normalized spacial score (nSPS) is 13.4. The van der Waals surface area contributed by atoms with Crippen LogP contribution < -0.4 is 9.47 Å². The lowest BCUT2D eigenvalue weighted by Crippen LogP contribution is -1.93. The van der Waals surface area contributed by atoms with Gasteiger partial charge in [0.15, 0.2) is 11.5 Å². The van der Waals surface area contributed by atoms with E-state index in [0.717, 1.165) is 17.1 Å². The van der Waals surface area contributed by atoms with Crippen molar-refractivity contribution in [2.75, 3.05) is 13.4 Å². The van der Waals surface area contributed by atoms with E-state index in [2.05, 4.69) is 0 Å². The van der Waals surface area contributed by atoms with Gasteiger partial charge in [0.1, 0.15) is 0 Å². The van der Waals surface area contributed by atoms with Crippen molar-refractivity contribution in [2.24, 2.45) is 0 Å². The van der Waals surface area contributed by atoms with Crippen molar-refractivity contribution >= 4 is 0 Å². The third-order valence-electron chi connectivity index (χ3n) is 1.83. The Morgan fingerprint density at radius 3 is 2.92 bits per heavy atom. The van der Waals surface area contributed by atoms with Gasteiger partial charge in [0.05, 0.1) is 6.61 Å². The SMILES string of the molecule is [O]CCc1ccc2c(c1)OCO2. The molecule has 0 unspecified atom stereocenters. The van der Waals surface area contributed by atoms with Gasteiger partial charge >= 0.3 is 0 Å². The maximum Gasteiger partial charge on any atom is 0.231 e. The Morgan fingerprint density at radius 2 is 2.08 bits per heavy atom. The van der Waals surface area contributed by atoms with E-state index in [4.69, 9.17) is 9.47 Å². The first kappa shape index (κ1) is 7.43. The number of benzene rings is 1. The van der Waals surface area contributed by atoms with Crippen LogP contribution in [0.5, 0.6) is 11.5 Å².